The lowest BCUT2D eigenvalue weighted by Gasteiger charge is -2.57. The highest BCUT2D eigenvalue weighted by atomic mass is 79.9. The quantitative estimate of drug-likeness (QED) is 0.395. The summed E-state index contributed by atoms with van der Waals surface area (Å²) >= 11 is 9.81. The van der Waals surface area contributed by atoms with Gasteiger partial charge in [-0.2, -0.15) is 0 Å². The molecule has 0 saturated heterocycles. The molecule has 0 aromatic heterocycles. The van der Waals surface area contributed by atoms with E-state index in [0.717, 1.165) is 34.3 Å². The molecule has 3 nitrogen and oxygen atoms in total. The van der Waals surface area contributed by atoms with Gasteiger partial charge in [-0.25, -0.2) is 4.39 Å². The Bertz CT molecular complexity index is 942. The fourth-order valence-electron chi connectivity index (χ4n) is 6.56. The molecule has 0 amide bonds. The number of hydrogen-bond acceptors (Lipinski definition) is 3. The predicted molar refractivity (Wildman–Crippen MR) is 129 cm³/mol. The van der Waals surface area contributed by atoms with Crippen molar-refractivity contribution >= 4 is 27.5 Å². The van der Waals surface area contributed by atoms with E-state index in [9.17, 15) is 4.39 Å². The lowest BCUT2D eigenvalue weighted by molar-refractivity contribution is -0.0206. The predicted octanol–water partition coefficient (Wildman–Crippen LogP) is 7.28. The fourth-order valence-corrected chi connectivity index (χ4v) is 7.38. The third-order valence-electron chi connectivity index (χ3n) is 7.50. The smallest absolute Gasteiger partial charge is 0.175 e. The Morgan fingerprint density at radius 1 is 1.09 bits per heavy atom. The maximum Gasteiger partial charge on any atom is 0.175 e. The van der Waals surface area contributed by atoms with Crippen LogP contribution >= 0.6 is 27.5 Å². The van der Waals surface area contributed by atoms with Gasteiger partial charge in [-0.15, -0.1) is 0 Å². The van der Waals surface area contributed by atoms with Crippen molar-refractivity contribution in [2.75, 3.05) is 6.61 Å². The molecule has 0 heterocycles. The molecule has 0 unspecified atom stereocenters. The summed E-state index contributed by atoms with van der Waals surface area (Å²) in [5, 5.41) is 4.31. The second kappa shape index (κ2) is 9.15. The summed E-state index contributed by atoms with van der Waals surface area (Å²) in [6, 6.07) is 8.77. The first-order chi connectivity index (χ1) is 15.4. The van der Waals surface area contributed by atoms with E-state index < -0.39 is 0 Å². The summed E-state index contributed by atoms with van der Waals surface area (Å²) < 4.78 is 26.8. The third-order valence-corrected chi connectivity index (χ3v) is 8.44. The van der Waals surface area contributed by atoms with Crippen LogP contribution in [0.15, 0.2) is 34.8 Å². The van der Waals surface area contributed by atoms with E-state index in [4.69, 9.17) is 21.1 Å². The molecule has 32 heavy (non-hydrogen) atoms. The van der Waals surface area contributed by atoms with Crippen LogP contribution in [0.25, 0.3) is 0 Å². The summed E-state index contributed by atoms with van der Waals surface area (Å²) in [6.07, 6.45) is 8.30. The van der Waals surface area contributed by atoms with Crippen molar-refractivity contribution < 1.29 is 13.9 Å². The van der Waals surface area contributed by atoms with Gasteiger partial charge in [-0.1, -0.05) is 17.7 Å². The van der Waals surface area contributed by atoms with E-state index in [2.05, 4.69) is 27.3 Å². The highest BCUT2D eigenvalue weighted by Gasteiger charge is 2.50. The van der Waals surface area contributed by atoms with Gasteiger partial charge in [0.1, 0.15) is 12.4 Å². The molecule has 2 aromatic carbocycles. The highest BCUT2D eigenvalue weighted by molar-refractivity contribution is 9.10. The number of hydrogen-bond donors (Lipinski definition) is 1. The van der Waals surface area contributed by atoms with Crippen LogP contribution in [0.4, 0.5) is 4.39 Å². The first-order valence-corrected chi connectivity index (χ1v) is 12.9. The number of benzene rings is 2. The minimum Gasteiger partial charge on any atom is -0.490 e. The van der Waals surface area contributed by atoms with E-state index in [1.54, 1.807) is 12.1 Å². The Hall–Kier alpha value is -1.30. The average molecular weight is 523 g/mol. The zero-order valence-corrected chi connectivity index (χ0v) is 20.8. The van der Waals surface area contributed by atoms with Crippen LogP contribution in [0.1, 0.15) is 56.6 Å². The van der Waals surface area contributed by atoms with Crippen LogP contribution in [0.2, 0.25) is 5.02 Å². The molecule has 172 valence electrons. The molecule has 1 N–H and O–H groups in total. The molecule has 0 atom stereocenters. The van der Waals surface area contributed by atoms with Crippen molar-refractivity contribution in [3.63, 3.8) is 0 Å². The first-order valence-electron chi connectivity index (χ1n) is 11.7. The second-order valence-corrected chi connectivity index (χ2v) is 11.1. The lowest BCUT2D eigenvalue weighted by Crippen LogP contribution is -2.58. The van der Waals surface area contributed by atoms with Gasteiger partial charge in [0.15, 0.2) is 11.5 Å². The van der Waals surface area contributed by atoms with E-state index in [1.165, 1.54) is 44.6 Å². The molecule has 0 aliphatic heterocycles. The monoisotopic (exact) mass is 521 g/mol. The second-order valence-electron chi connectivity index (χ2n) is 9.88. The number of rotatable bonds is 8. The van der Waals surface area contributed by atoms with Gasteiger partial charge in [-0.3, -0.25) is 0 Å². The van der Waals surface area contributed by atoms with Crippen LogP contribution in [-0.2, 0) is 13.2 Å². The highest BCUT2D eigenvalue weighted by Crippen LogP contribution is 2.55. The van der Waals surface area contributed by atoms with Crippen LogP contribution < -0.4 is 14.8 Å². The summed E-state index contributed by atoms with van der Waals surface area (Å²) in [6.45, 7) is 3.32. The fraction of sp³-hybridized carbons (Fsp3) is 0.538. The molecule has 4 aliphatic rings. The maximum absolute atomic E-state index is 14.2. The van der Waals surface area contributed by atoms with Crippen molar-refractivity contribution in [1.29, 1.82) is 0 Å². The van der Waals surface area contributed by atoms with Gasteiger partial charge in [0.05, 0.1) is 16.1 Å². The maximum atomic E-state index is 14.2. The van der Waals surface area contributed by atoms with Crippen molar-refractivity contribution in [2.45, 2.75) is 64.1 Å². The molecule has 6 rings (SSSR count). The van der Waals surface area contributed by atoms with Gasteiger partial charge in [-0.05, 0) is 109 Å². The Morgan fingerprint density at radius 2 is 1.78 bits per heavy atom. The minimum absolute atomic E-state index is 0.0368. The van der Waals surface area contributed by atoms with Crippen molar-refractivity contribution in [2.24, 2.45) is 17.8 Å². The molecule has 0 radical (unpaired) electrons. The van der Waals surface area contributed by atoms with Gasteiger partial charge >= 0.3 is 0 Å². The summed E-state index contributed by atoms with van der Waals surface area (Å²) in [4.78, 5) is 0. The summed E-state index contributed by atoms with van der Waals surface area (Å²) in [5.74, 6) is 3.62. The zero-order chi connectivity index (χ0) is 22.3. The van der Waals surface area contributed by atoms with Crippen LogP contribution in [-0.4, -0.2) is 12.1 Å². The minimum atomic E-state index is -0.372. The molecule has 0 spiro atoms. The standard InChI is InChI=1S/C26H30BrClFNO2/c1-2-31-24-10-19(14-30-26-11-16-6-17(12-26)8-18(7-16)13-26)9-21(27)25(24)32-15-20-22(28)4-3-5-23(20)29/h3-5,9-10,16-18,30H,2,6-8,11-15H2,1H3. The van der Waals surface area contributed by atoms with E-state index >= 15 is 0 Å². The Labute approximate surface area is 203 Å². The lowest BCUT2D eigenvalue weighted by atomic mass is 9.53. The first kappa shape index (κ1) is 22.5. The van der Waals surface area contributed by atoms with E-state index in [-0.39, 0.29) is 12.4 Å². The van der Waals surface area contributed by atoms with Crippen LogP contribution in [0.3, 0.4) is 0 Å². The summed E-state index contributed by atoms with van der Waals surface area (Å²) in [7, 11) is 0. The van der Waals surface area contributed by atoms with Gasteiger partial charge in [0.2, 0.25) is 0 Å². The van der Waals surface area contributed by atoms with Crippen LogP contribution in [0.5, 0.6) is 11.5 Å². The van der Waals surface area contributed by atoms with E-state index in [0.29, 0.717) is 34.2 Å². The molecule has 4 bridgehead atoms. The Morgan fingerprint density at radius 3 is 2.41 bits per heavy atom. The van der Waals surface area contributed by atoms with E-state index in [1.807, 2.05) is 13.0 Å². The SMILES string of the molecule is CCOc1cc(CNC23CC4CC(CC(C4)C2)C3)cc(Br)c1OCc1c(F)cccc1Cl. The van der Waals surface area contributed by atoms with Crippen LogP contribution in [0, 0.1) is 23.6 Å². The largest absolute Gasteiger partial charge is 0.490 e. The number of nitrogens with one attached hydrogen (secondary N) is 1. The average Bonchev–Trinajstić information content (AvgIpc) is 2.73. The van der Waals surface area contributed by atoms with Gasteiger partial charge in [0, 0.05) is 17.6 Å². The van der Waals surface area contributed by atoms with Gasteiger partial charge in [0.25, 0.3) is 0 Å². The molecular weight excluding hydrogens is 493 g/mol. The summed E-state index contributed by atoms with van der Waals surface area (Å²) in [5.41, 5.74) is 1.81. The van der Waals surface area contributed by atoms with Gasteiger partial charge < -0.3 is 14.8 Å². The third kappa shape index (κ3) is 4.53. The Kier molecular flexibility index (Phi) is 6.43. The molecule has 4 aliphatic carbocycles. The van der Waals surface area contributed by atoms with Crippen molar-refractivity contribution in [3.8, 4) is 11.5 Å². The number of halogens is 3. The van der Waals surface area contributed by atoms with Crippen molar-refractivity contribution in [1.82, 2.24) is 5.32 Å². The number of ether oxygens (including phenoxy) is 2. The molecule has 4 saturated carbocycles. The molecule has 6 heteroatoms. The molecular formula is C26H30BrClFNO2. The Balaban J connectivity index is 1.31. The zero-order valence-electron chi connectivity index (χ0n) is 18.4. The topological polar surface area (TPSA) is 30.5 Å². The molecule has 2 aromatic rings. The normalized spacial score (nSPS) is 28.2. The van der Waals surface area contributed by atoms with Crippen molar-refractivity contribution in [3.05, 3.63) is 56.8 Å². The molecule has 4 fully saturated rings.